The third-order valence-corrected chi connectivity index (χ3v) is 8.79. The lowest BCUT2D eigenvalue weighted by Gasteiger charge is -2.32. The second kappa shape index (κ2) is 15.9. The van der Waals surface area contributed by atoms with E-state index in [-0.39, 0.29) is 71.5 Å². The highest BCUT2D eigenvalue weighted by molar-refractivity contribution is 6.27. The van der Waals surface area contributed by atoms with Crippen LogP contribution in [0, 0.1) is 0 Å². The Hall–Kier alpha value is -6.04. The normalized spacial score (nSPS) is 12.3. The number of ether oxygens (including phenoxy) is 4. The number of rotatable bonds is 14. The summed E-state index contributed by atoms with van der Waals surface area (Å²) in [6, 6.07) is 22.3. The Balaban J connectivity index is 1.86. The molecule has 0 radical (unpaired) electrons. The molecule has 0 bridgehead atoms. The molecule has 4 aromatic rings. The van der Waals surface area contributed by atoms with Crippen molar-refractivity contribution in [2.45, 2.75) is 51.4 Å². The second-order valence-corrected chi connectivity index (χ2v) is 11.8. The second-order valence-electron chi connectivity index (χ2n) is 11.8. The first kappa shape index (κ1) is 37.2. The number of ketones is 2. The largest absolute Gasteiger partial charge is 0.465 e. The van der Waals surface area contributed by atoms with E-state index in [1.54, 1.807) is 100 Å². The van der Waals surface area contributed by atoms with Crippen LogP contribution in [0.2, 0.25) is 0 Å². The predicted octanol–water partition coefficient (Wildman–Crippen LogP) is 4.47. The SMILES string of the molecule is CCOC(=O)C(Cc1nc2c(nc1CC(C(=O)OCC)(C(=O)OCC)c1ccccc1)C(=O)c1ccccc1C2=O)(C(=O)OCC)c1ccccc1. The van der Waals surface area contributed by atoms with Crippen molar-refractivity contribution in [3.8, 4) is 0 Å². The molecule has 1 aromatic heterocycles. The minimum absolute atomic E-state index is 0.0924. The van der Waals surface area contributed by atoms with Gasteiger partial charge in [-0.25, -0.2) is 9.97 Å². The monoisotopic (exact) mass is 706 g/mol. The number of fused-ring (bicyclic) bond motifs is 2. The Morgan fingerprint density at radius 1 is 0.481 bits per heavy atom. The maximum Gasteiger partial charge on any atom is 0.328 e. The molecule has 0 atom stereocenters. The number of carbonyl (C=O) groups is 6. The van der Waals surface area contributed by atoms with E-state index in [1.165, 1.54) is 12.1 Å². The van der Waals surface area contributed by atoms with Crippen LogP contribution in [0.3, 0.4) is 0 Å². The highest BCUT2D eigenvalue weighted by atomic mass is 16.6. The van der Waals surface area contributed by atoms with E-state index in [0.717, 1.165) is 0 Å². The van der Waals surface area contributed by atoms with E-state index in [4.69, 9.17) is 18.9 Å². The molecule has 52 heavy (non-hydrogen) atoms. The van der Waals surface area contributed by atoms with Gasteiger partial charge in [-0.15, -0.1) is 0 Å². The number of benzene rings is 3. The molecule has 0 spiro atoms. The molecule has 0 aliphatic heterocycles. The molecule has 12 heteroatoms. The van der Waals surface area contributed by atoms with Crippen LogP contribution in [0.15, 0.2) is 84.9 Å². The minimum Gasteiger partial charge on any atom is -0.465 e. The first-order valence-electron chi connectivity index (χ1n) is 17.0. The molecule has 0 amide bonds. The van der Waals surface area contributed by atoms with Crippen molar-refractivity contribution in [1.29, 1.82) is 0 Å². The number of carbonyl (C=O) groups excluding carboxylic acids is 6. The molecule has 268 valence electrons. The van der Waals surface area contributed by atoms with Crippen LogP contribution in [0.5, 0.6) is 0 Å². The van der Waals surface area contributed by atoms with Gasteiger partial charge in [-0.3, -0.25) is 28.8 Å². The first-order valence-corrected chi connectivity index (χ1v) is 17.0. The van der Waals surface area contributed by atoms with Crippen LogP contribution < -0.4 is 0 Å². The van der Waals surface area contributed by atoms with Gasteiger partial charge in [0.2, 0.25) is 11.6 Å². The molecular formula is C40H38N2O10. The maximum atomic E-state index is 14.1. The fourth-order valence-corrected chi connectivity index (χ4v) is 6.33. The third kappa shape index (κ3) is 6.59. The van der Waals surface area contributed by atoms with Crippen LogP contribution in [-0.2, 0) is 61.8 Å². The third-order valence-electron chi connectivity index (χ3n) is 8.79. The van der Waals surface area contributed by atoms with E-state index in [1.807, 2.05) is 0 Å². The summed E-state index contributed by atoms with van der Waals surface area (Å²) >= 11 is 0. The molecule has 1 aliphatic rings. The molecule has 0 fully saturated rings. The lowest BCUT2D eigenvalue weighted by Crippen LogP contribution is -2.50. The number of aromatic nitrogens is 2. The number of hydrogen-bond acceptors (Lipinski definition) is 12. The molecular weight excluding hydrogens is 668 g/mol. The molecule has 5 rings (SSSR count). The Morgan fingerprint density at radius 2 is 0.769 bits per heavy atom. The Bertz CT molecular complexity index is 1830. The lowest BCUT2D eigenvalue weighted by atomic mass is 9.73. The number of hydrogen-bond donors (Lipinski definition) is 0. The zero-order chi connectivity index (χ0) is 37.5. The van der Waals surface area contributed by atoms with Gasteiger partial charge >= 0.3 is 23.9 Å². The van der Waals surface area contributed by atoms with Crippen LogP contribution in [0.1, 0.15) is 82.3 Å². The average Bonchev–Trinajstić information content (AvgIpc) is 3.16. The van der Waals surface area contributed by atoms with Crippen molar-refractivity contribution in [1.82, 2.24) is 9.97 Å². The van der Waals surface area contributed by atoms with Gasteiger partial charge in [-0.1, -0.05) is 84.9 Å². The highest BCUT2D eigenvalue weighted by Gasteiger charge is 2.55. The summed E-state index contributed by atoms with van der Waals surface area (Å²) in [7, 11) is 0. The van der Waals surface area contributed by atoms with Crippen LogP contribution >= 0.6 is 0 Å². The van der Waals surface area contributed by atoms with Gasteiger partial charge in [0, 0.05) is 24.0 Å². The summed E-state index contributed by atoms with van der Waals surface area (Å²) in [5, 5.41) is 0. The summed E-state index contributed by atoms with van der Waals surface area (Å²) < 4.78 is 22.0. The van der Waals surface area contributed by atoms with Crippen molar-refractivity contribution in [3.63, 3.8) is 0 Å². The van der Waals surface area contributed by atoms with Crippen LogP contribution in [-0.4, -0.2) is 71.8 Å². The van der Waals surface area contributed by atoms with Gasteiger partial charge in [0.05, 0.1) is 37.8 Å². The summed E-state index contributed by atoms with van der Waals surface area (Å²) in [5.41, 5.74) is -4.77. The van der Waals surface area contributed by atoms with Gasteiger partial charge in [-0.05, 0) is 38.8 Å². The maximum absolute atomic E-state index is 14.1. The summed E-state index contributed by atoms with van der Waals surface area (Å²) in [5.74, 6) is -5.11. The Morgan fingerprint density at radius 3 is 1.06 bits per heavy atom. The minimum atomic E-state index is -2.20. The molecule has 3 aromatic carbocycles. The van der Waals surface area contributed by atoms with Crippen LogP contribution in [0.4, 0.5) is 0 Å². The zero-order valence-electron chi connectivity index (χ0n) is 29.3. The van der Waals surface area contributed by atoms with Gasteiger partial charge in [-0.2, -0.15) is 0 Å². The van der Waals surface area contributed by atoms with Crippen molar-refractivity contribution in [2.75, 3.05) is 26.4 Å². The topological polar surface area (TPSA) is 165 Å². The average molecular weight is 707 g/mol. The fourth-order valence-electron chi connectivity index (χ4n) is 6.33. The van der Waals surface area contributed by atoms with Gasteiger partial charge in [0.15, 0.2) is 10.8 Å². The van der Waals surface area contributed by atoms with E-state index in [9.17, 15) is 28.8 Å². The Labute approximate surface area is 300 Å². The molecule has 0 unspecified atom stereocenters. The van der Waals surface area contributed by atoms with Gasteiger partial charge in [0.1, 0.15) is 11.4 Å². The van der Waals surface area contributed by atoms with E-state index in [2.05, 4.69) is 9.97 Å². The van der Waals surface area contributed by atoms with Crippen LogP contribution in [0.25, 0.3) is 0 Å². The molecule has 0 saturated carbocycles. The van der Waals surface area contributed by atoms with Gasteiger partial charge < -0.3 is 18.9 Å². The van der Waals surface area contributed by atoms with Crippen molar-refractivity contribution >= 4 is 35.4 Å². The lowest BCUT2D eigenvalue weighted by molar-refractivity contribution is -0.167. The summed E-state index contributed by atoms with van der Waals surface area (Å²) in [6.45, 7) is 5.94. The predicted molar refractivity (Wildman–Crippen MR) is 186 cm³/mol. The van der Waals surface area contributed by atoms with Crippen molar-refractivity contribution in [2.24, 2.45) is 0 Å². The van der Waals surface area contributed by atoms with Crippen molar-refractivity contribution < 1.29 is 47.7 Å². The van der Waals surface area contributed by atoms with E-state index in [0.29, 0.717) is 0 Å². The smallest absolute Gasteiger partial charge is 0.328 e. The summed E-state index contributed by atoms with van der Waals surface area (Å²) in [4.78, 5) is 93.7. The zero-order valence-corrected chi connectivity index (χ0v) is 29.3. The highest BCUT2D eigenvalue weighted by Crippen LogP contribution is 2.38. The standard InChI is InChI=1S/C40H38N2O10/c1-5-49-35(45)39(36(46)50-6-2,25-17-11-9-12-18-25)23-29-30(42-32-31(41-29)33(43)27-21-15-16-22-28(27)34(32)44)24-40(37(47)51-7-3,38(48)52-8-4)26-19-13-10-14-20-26/h9-22H,5-8,23-24H2,1-4H3. The molecule has 12 nitrogen and oxygen atoms in total. The molecule has 1 heterocycles. The van der Waals surface area contributed by atoms with Crippen molar-refractivity contribution in [3.05, 3.63) is 130 Å². The molecule has 1 aliphatic carbocycles. The fraction of sp³-hybridized carbons (Fsp3) is 0.300. The van der Waals surface area contributed by atoms with E-state index < -0.39 is 59.1 Å². The number of nitrogens with zero attached hydrogens (tertiary/aromatic N) is 2. The first-order chi connectivity index (χ1) is 25.1. The molecule has 0 N–H and O–H groups in total. The number of esters is 4. The quantitative estimate of drug-likeness (QED) is 0.0906. The molecule has 0 saturated heterocycles. The van der Waals surface area contributed by atoms with E-state index >= 15 is 0 Å². The Kier molecular flexibility index (Phi) is 11.4. The van der Waals surface area contributed by atoms with Gasteiger partial charge in [0.25, 0.3) is 0 Å². The summed E-state index contributed by atoms with van der Waals surface area (Å²) in [6.07, 6.45) is -1.19.